The number of carboxylic acid groups (broad SMARTS) is 1. The Bertz CT molecular complexity index is 514. The zero-order valence-corrected chi connectivity index (χ0v) is 11.5. The van der Waals surface area contributed by atoms with E-state index in [2.05, 4.69) is 11.9 Å². The van der Waals surface area contributed by atoms with Crippen LogP contribution in [0.15, 0.2) is 30.9 Å². The first-order valence-electron chi connectivity index (χ1n) is 6.11. The van der Waals surface area contributed by atoms with E-state index in [1.54, 1.807) is 6.08 Å². The van der Waals surface area contributed by atoms with Crippen LogP contribution in [0.5, 0.6) is 5.75 Å². The number of amides is 2. The Kier molecular flexibility index (Phi) is 5.58. The zero-order valence-electron chi connectivity index (χ0n) is 11.5. The average molecular weight is 278 g/mol. The Morgan fingerprint density at radius 2 is 2.20 bits per heavy atom. The fraction of sp³-hybridized carbons (Fsp3) is 0.286. The fourth-order valence-electron chi connectivity index (χ4n) is 1.64. The highest BCUT2D eigenvalue weighted by molar-refractivity contribution is 5.94. The zero-order chi connectivity index (χ0) is 15.1. The summed E-state index contributed by atoms with van der Waals surface area (Å²) in [5, 5.41) is 11.6. The maximum atomic E-state index is 12.0. The number of hydrogen-bond acceptors (Lipinski definition) is 3. The van der Waals surface area contributed by atoms with Crippen molar-refractivity contribution in [2.45, 2.75) is 6.92 Å². The Hall–Kier alpha value is -2.50. The topological polar surface area (TPSA) is 78.9 Å². The molecule has 0 spiro atoms. The SMILES string of the molecule is C=CCN(CC)C(=O)Nc1cc(C(=O)O)ccc1OC. The molecule has 1 aromatic carbocycles. The fourth-order valence-corrected chi connectivity index (χ4v) is 1.64. The van der Waals surface area contributed by atoms with Crippen molar-refractivity contribution in [1.29, 1.82) is 0 Å². The van der Waals surface area contributed by atoms with Gasteiger partial charge in [0, 0.05) is 13.1 Å². The molecule has 0 aliphatic heterocycles. The summed E-state index contributed by atoms with van der Waals surface area (Å²) in [7, 11) is 1.45. The van der Waals surface area contributed by atoms with Gasteiger partial charge in [0.05, 0.1) is 18.4 Å². The quantitative estimate of drug-likeness (QED) is 0.783. The molecule has 6 nitrogen and oxygen atoms in total. The van der Waals surface area contributed by atoms with E-state index in [0.29, 0.717) is 24.5 Å². The molecule has 20 heavy (non-hydrogen) atoms. The van der Waals surface area contributed by atoms with Crippen LogP contribution in [-0.2, 0) is 0 Å². The molecule has 0 aliphatic rings. The molecular formula is C14H18N2O4. The van der Waals surface area contributed by atoms with E-state index in [0.717, 1.165) is 0 Å². The van der Waals surface area contributed by atoms with Crippen LogP contribution in [0.2, 0.25) is 0 Å². The van der Waals surface area contributed by atoms with E-state index < -0.39 is 5.97 Å². The van der Waals surface area contributed by atoms with Gasteiger partial charge in [0.2, 0.25) is 0 Å². The van der Waals surface area contributed by atoms with Crippen LogP contribution in [0.25, 0.3) is 0 Å². The van der Waals surface area contributed by atoms with Gasteiger partial charge < -0.3 is 20.1 Å². The smallest absolute Gasteiger partial charge is 0.335 e. The van der Waals surface area contributed by atoms with Gasteiger partial charge in [0.1, 0.15) is 5.75 Å². The van der Waals surface area contributed by atoms with Crippen molar-refractivity contribution in [3.05, 3.63) is 36.4 Å². The monoisotopic (exact) mass is 278 g/mol. The third kappa shape index (κ3) is 3.74. The number of hydrogen-bond donors (Lipinski definition) is 2. The van der Waals surface area contributed by atoms with E-state index in [1.165, 1.54) is 30.2 Å². The predicted molar refractivity (Wildman–Crippen MR) is 76.4 cm³/mol. The summed E-state index contributed by atoms with van der Waals surface area (Å²) in [5.41, 5.74) is 0.396. The summed E-state index contributed by atoms with van der Waals surface area (Å²) in [6.45, 7) is 6.34. The van der Waals surface area contributed by atoms with Crippen molar-refractivity contribution < 1.29 is 19.4 Å². The highest BCUT2D eigenvalue weighted by Crippen LogP contribution is 2.25. The molecule has 0 aliphatic carbocycles. The summed E-state index contributed by atoms with van der Waals surface area (Å²) >= 11 is 0. The third-order valence-electron chi connectivity index (χ3n) is 2.71. The second-order valence-corrected chi connectivity index (χ2v) is 3.98. The lowest BCUT2D eigenvalue weighted by Gasteiger charge is -2.20. The molecule has 1 rings (SSSR count). The summed E-state index contributed by atoms with van der Waals surface area (Å²) in [5.74, 6) is -0.667. The van der Waals surface area contributed by atoms with E-state index in [9.17, 15) is 9.59 Å². The molecule has 0 saturated heterocycles. The number of methoxy groups -OCH3 is 1. The van der Waals surface area contributed by atoms with Gasteiger partial charge in [-0.3, -0.25) is 0 Å². The highest BCUT2D eigenvalue weighted by Gasteiger charge is 2.14. The highest BCUT2D eigenvalue weighted by atomic mass is 16.5. The van der Waals surface area contributed by atoms with Crippen molar-refractivity contribution in [1.82, 2.24) is 4.90 Å². The lowest BCUT2D eigenvalue weighted by Crippen LogP contribution is -2.34. The molecule has 6 heteroatoms. The van der Waals surface area contributed by atoms with Crippen LogP contribution >= 0.6 is 0 Å². The lowest BCUT2D eigenvalue weighted by atomic mass is 10.2. The van der Waals surface area contributed by atoms with Crippen LogP contribution in [0, 0.1) is 0 Å². The molecule has 0 fully saturated rings. The summed E-state index contributed by atoms with van der Waals surface area (Å²) in [4.78, 5) is 24.5. The number of anilines is 1. The van der Waals surface area contributed by atoms with E-state index in [1.807, 2.05) is 6.92 Å². The number of carbonyl (C=O) groups excluding carboxylic acids is 1. The number of aromatic carboxylic acids is 1. The molecule has 2 N–H and O–H groups in total. The number of benzene rings is 1. The largest absolute Gasteiger partial charge is 0.495 e. The predicted octanol–water partition coefficient (Wildman–Crippen LogP) is 2.43. The van der Waals surface area contributed by atoms with Gasteiger partial charge in [-0.2, -0.15) is 0 Å². The maximum absolute atomic E-state index is 12.0. The molecule has 0 radical (unpaired) electrons. The average Bonchev–Trinajstić information content (AvgIpc) is 2.44. The summed E-state index contributed by atoms with van der Waals surface area (Å²) < 4.78 is 5.11. The summed E-state index contributed by atoms with van der Waals surface area (Å²) in [6, 6.07) is 3.94. The van der Waals surface area contributed by atoms with Crippen molar-refractivity contribution in [3.63, 3.8) is 0 Å². The molecule has 0 saturated carbocycles. The maximum Gasteiger partial charge on any atom is 0.335 e. The third-order valence-corrected chi connectivity index (χ3v) is 2.71. The number of nitrogens with one attached hydrogen (secondary N) is 1. The molecule has 0 unspecified atom stereocenters. The van der Waals surface area contributed by atoms with Gasteiger partial charge in [-0.05, 0) is 25.1 Å². The second kappa shape index (κ2) is 7.18. The molecule has 0 atom stereocenters. The van der Waals surface area contributed by atoms with Crippen molar-refractivity contribution in [2.24, 2.45) is 0 Å². The Morgan fingerprint density at radius 1 is 1.50 bits per heavy atom. The van der Waals surface area contributed by atoms with Crippen LogP contribution < -0.4 is 10.1 Å². The van der Waals surface area contributed by atoms with Gasteiger partial charge in [-0.15, -0.1) is 6.58 Å². The number of carbonyl (C=O) groups is 2. The van der Waals surface area contributed by atoms with Gasteiger partial charge in [-0.25, -0.2) is 9.59 Å². The first-order chi connectivity index (χ1) is 9.53. The van der Waals surface area contributed by atoms with Crippen LogP contribution in [0.4, 0.5) is 10.5 Å². The molecular weight excluding hydrogens is 260 g/mol. The van der Waals surface area contributed by atoms with E-state index in [-0.39, 0.29) is 11.6 Å². The Morgan fingerprint density at radius 3 is 2.70 bits per heavy atom. The number of likely N-dealkylation sites (N-methyl/N-ethyl adjacent to an activating group) is 1. The number of urea groups is 1. The minimum absolute atomic E-state index is 0.0767. The van der Waals surface area contributed by atoms with Gasteiger partial charge in [-0.1, -0.05) is 6.08 Å². The minimum atomic E-state index is -1.07. The van der Waals surface area contributed by atoms with Crippen LogP contribution in [-0.4, -0.2) is 42.2 Å². The molecule has 1 aromatic rings. The Labute approximate surface area is 117 Å². The minimum Gasteiger partial charge on any atom is -0.495 e. The number of ether oxygens (including phenoxy) is 1. The summed E-state index contributed by atoms with van der Waals surface area (Å²) in [6.07, 6.45) is 1.62. The number of nitrogens with zero attached hydrogens (tertiary/aromatic N) is 1. The normalized spacial score (nSPS) is 9.70. The molecule has 2 amide bonds. The molecule has 0 aromatic heterocycles. The van der Waals surface area contributed by atoms with E-state index >= 15 is 0 Å². The molecule has 0 heterocycles. The first kappa shape index (κ1) is 15.6. The van der Waals surface area contributed by atoms with Crippen molar-refractivity contribution >= 4 is 17.7 Å². The van der Waals surface area contributed by atoms with Gasteiger partial charge >= 0.3 is 12.0 Å². The number of carboxylic acids is 1. The Balaban J connectivity index is 2.99. The van der Waals surface area contributed by atoms with Crippen molar-refractivity contribution in [2.75, 3.05) is 25.5 Å². The standard InChI is InChI=1S/C14H18N2O4/c1-4-8-16(5-2)14(19)15-11-9-10(13(17)18)6-7-12(11)20-3/h4,6-7,9H,1,5,8H2,2-3H3,(H,15,19)(H,17,18). The lowest BCUT2D eigenvalue weighted by molar-refractivity contribution is 0.0697. The number of rotatable bonds is 6. The van der Waals surface area contributed by atoms with Gasteiger partial charge in [0.25, 0.3) is 0 Å². The van der Waals surface area contributed by atoms with Crippen LogP contribution in [0.3, 0.4) is 0 Å². The molecule has 108 valence electrons. The van der Waals surface area contributed by atoms with Crippen molar-refractivity contribution in [3.8, 4) is 5.75 Å². The van der Waals surface area contributed by atoms with Gasteiger partial charge in [0.15, 0.2) is 0 Å². The second-order valence-electron chi connectivity index (χ2n) is 3.98. The van der Waals surface area contributed by atoms with Crippen LogP contribution in [0.1, 0.15) is 17.3 Å². The molecule has 0 bridgehead atoms. The first-order valence-corrected chi connectivity index (χ1v) is 6.11. The van der Waals surface area contributed by atoms with E-state index in [4.69, 9.17) is 9.84 Å².